The van der Waals surface area contributed by atoms with Crippen molar-refractivity contribution in [3.05, 3.63) is 35.1 Å². The van der Waals surface area contributed by atoms with Gasteiger partial charge in [-0.05, 0) is 56.0 Å². The second kappa shape index (κ2) is 7.19. The van der Waals surface area contributed by atoms with Gasteiger partial charge in [-0.1, -0.05) is 25.3 Å². The maximum Gasteiger partial charge on any atom is 0.123 e. The van der Waals surface area contributed by atoms with Gasteiger partial charge < -0.3 is 5.73 Å². The van der Waals surface area contributed by atoms with Crippen LogP contribution in [-0.4, -0.2) is 25.0 Å². The Kier molecular flexibility index (Phi) is 5.55. The number of hydrogen-bond donors (Lipinski definition) is 1. The predicted octanol–water partition coefficient (Wildman–Crippen LogP) is 3.65. The van der Waals surface area contributed by atoms with E-state index < -0.39 is 0 Å². The summed E-state index contributed by atoms with van der Waals surface area (Å²) < 4.78 is 13.2. The van der Waals surface area contributed by atoms with Crippen LogP contribution in [0.25, 0.3) is 0 Å². The monoisotopic (exact) mass is 278 g/mol. The molecule has 0 aliphatic heterocycles. The van der Waals surface area contributed by atoms with Crippen molar-refractivity contribution in [2.75, 3.05) is 20.1 Å². The van der Waals surface area contributed by atoms with Gasteiger partial charge in [-0.15, -0.1) is 0 Å². The lowest BCUT2D eigenvalue weighted by molar-refractivity contribution is 0.185. The highest BCUT2D eigenvalue weighted by atomic mass is 19.1. The van der Waals surface area contributed by atoms with E-state index in [9.17, 15) is 4.39 Å². The zero-order valence-corrected chi connectivity index (χ0v) is 12.7. The van der Waals surface area contributed by atoms with Gasteiger partial charge in [-0.3, -0.25) is 4.90 Å². The summed E-state index contributed by atoms with van der Waals surface area (Å²) in [7, 11) is 2.15. The quantitative estimate of drug-likeness (QED) is 0.891. The van der Waals surface area contributed by atoms with Crippen LogP contribution in [0.2, 0.25) is 0 Å². The molecule has 2 nitrogen and oxygen atoms in total. The Bertz CT molecular complexity index is 427. The minimum Gasteiger partial charge on any atom is -0.329 e. The van der Waals surface area contributed by atoms with E-state index >= 15 is 0 Å². The number of hydrogen-bond acceptors (Lipinski definition) is 2. The lowest BCUT2D eigenvalue weighted by Gasteiger charge is -2.33. The van der Waals surface area contributed by atoms with Crippen molar-refractivity contribution in [2.45, 2.75) is 45.1 Å². The highest BCUT2D eigenvalue weighted by Gasteiger charge is 2.22. The van der Waals surface area contributed by atoms with Crippen LogP contribution < -0.4 is 5.73 Å². The van der Waals surface area contributed by atoms with Crippen molar-refractivity contribution >= 4 is 0 Å². The van der Waals surface area contributed by atoms with Crippen LogP contribution in [-0.2, 0) is 0 Å². The average molecular weight is 278 g/mol. The summed E-state index contributed by atoms with van der Waals surface area (Å²) in [5.74, 6) is 0.625. The van der Waals surface area contributed by atoms with Gasteiger partial charge in [0.05, 0.1) is 0 Å². The van der Waals surface area contributed by atoms with Gasteiger partial charge in [-0.2, -0.15) is 0 Å². The van der Waals surface area contributed by atoms with Crippen LogP contribution in [0.4, 0.5) is 4.39 Å². The molecular weight excluding hydrogens is 251 g/mol. The molecule has 0 heterocycles. The van der Waals surface area contributed by atoms with Gasteiger partial charge >= 0.3 is 0 Å². The van der Waals surface area contributed by atoms with E-state index in [-0.39, 0.29) is 11.9 Å². The fraction of sp³-hybridized carbons (Fsp3) is 0.647. The van der Waals surface area contributed by atoms with Gasteiger partial charge in [-0.25, -0.2) is 4.39 Å². The largest absolute Gasteiger partial charge is 0.329 e. The average Bonchev–Trinajstić information content (AvgIpc) is 2.43. The molecule has 1 unspecified atom stereocenters. The molecule has 2 rings (SSSR count). The van der Waals surface area contributed by atoms with Crippen molar-refractivity contribution in [2.24, 2.45) is 11.7 Å². The maximum absolute atomic E-state index is 13.2. The van der Waals surface area contributed by atoms with E-state index in [1.807, 2.05) is 13.0 Å². The number of halogens is 1. The van der Waals surface area contributed by atoms with Crippen molar-refractivity contribution in [3.63, 3.8) is 0 Å². The minimum atomic E-state index is -0.169. The van der Waals surface area contributed by atoms with Gasteiger partial charge in [0, 0.05) is 19.1 Å². The number of nitrogens with zero attached hydrogens (tertiary/aromatic N) is 1. The Morgan fingerprint density at radius 1 is 1.30 bits per heavy atom. The molecule has 112 valence electrons. The second-order valence-corrected chi connectivity index (χ2v) is 6.20. The summed E-state index contributed by atoms with van der Waals surface area (Å²) in [6.07, 6.45) is 6.79. The smallest absolute Gasteiger partial charge is 0.123 e. The molecule has 0 saturated heterocycles. The summed E-state index contributed by atoms with van der Waals surface area (Å²) >= 11 is 0. The summed E-state index contributed by atoms with van der Waals surface area (Å²) in [4.78, 5) is 2.36. The normalized spacial score (nSPS) is 18.4. The van der Waals surface area contributed by atoms with Crippen molar-refractivity contribution in [1.29, 1.82) is 0 Å². The Morgan fingerprint density at radius 3 is 2.60 bits per heavy atom. The SMILES string of the molecule is Cc1cc(F)ccc1C(CN)N(C)CC1CCCCC1. The van der Waals surface area contributed by atoms with Gasteiger partial charge in [0.1, 0.15) is 5.82 Å². The zero-order valence-electron chi connectivity index (χ0n) is 12.7. The molecule has 3 heteroatoms. The van der Waals surface area contributed by atoms with E-state index in [1.165, 1.54) is 32.1 Å². The molecule has 0 bridgehead atoms. The Labute approximate surface area is 122 Å². The first kappa shape index (κ1) is 15.5. The Morgan fingerprint density at radius 2 is 2.00 bits per heavy atom. The van der Waals surface area contributed by atoms with E-state index in [0.29, 0.717) is 6.54 Å². The first-order chi connectivity index (χ1) is 9.61. The van der Waals surface area contributed by atoms with Crippen LogP contribution in [0, 0.1) is 18.7 Å². The molecular formula is C17H27FN2. The number of likely N-dealkylation sites (N-methyl/N-ethyl adjacent to an activating group) is 1. The van der Waals surface area contributed by atoms with Gasteiger partial charge in [0.2, 0.25) is 0 Å². The molecule has 0 radical (unpaired) electrons. The molecule has 1 aromatic rings. The molecule has 0 spiro atoms. The lowest BCUT2D eigenvalue weighted by Crippen LogP contribution is -2.35. The summed E-state index contributed by atoms with van der Waals surface area (Å²) in [5.41, 5.74) is 8.14. The van der Waals surface area contributed by atoms with Crippen molar-refractivity contribution in [1.82, 2.24) is 4.90 Å². The number of aryl methyl sites for hydroxylation is 1. The van der Waals surface area contributed by atoms with Gasteiger partial charge in [0.25, 0.3) is 0 Å². The number of rotatable bonds is 5. The molecule has 2 N–H and O–H groups in total. The predicted molar refractivity (Wildman–Crippen MR) is 82.1 cm³/mol. The van der Waals surface area contributed by atoms with E-state index in [2.05, 4.69) is 11.9 Å². The fourth-order valence-electron chi connectivity index (χ4n) is 3.46. The second-order valence-electron chi connectivity index (χ2n) is 6.20. The molecule has 1 saturated carbocycles. The highest BCUT2D eigenvalue weighted by molar-refractivity contribution is 5.29. The van der Waals surface area contributed by atoms with Crippen LogP contribution in [0.5, 0.6) is 0 Å². The summed E-state index contributed by atoms with van der Waals surface area (Å²) in [6, 6.07) is 5.23. The third-order valence-corrected chi connectivity index (χ3v) is 4.62. The third kappa shape index (κ3) is 3.80. The first-order valence-electron chi connectivity index (χ1n) is 7.78. The Balaban J connectivity index is 2.06. The molecule has 0 amide bonds. The summed E-state index contributed by atoms with van der Waals surface area (Å²) in [5, 5.41) is 0. The topological polar surface area (TPSA) is 29.3 Å². The van der Waals surface area contributed by atoms with E-state index in [1.54, 1.807) is 12.1 Å². The van der Waals surface area contributed by atoms with E-state index in [0.717, 1.165) is 23.6 Å². The third-order valence-electron chi connectivity index (χ3n) is 4.62. The number of nitrogens with two attached hydrogens (primary N) is 1. The van der Waals surface area contributed by atoms with E-state index in [4.69, 9.17) is 5.73 Å². The van der Waals surface area contributed by atoms with Gasteiger partial charge in [0.15, 0.2) is 0 Å². The van der Waals surface area contributed by atoms with Crippen molar-refractivity contribution in [3.8, 4) is 0 Å². The number of benzene rings is 1. The van der Waals surface area contributed by atoms with Crippen LogP contribution in [0.1, 0.15) is 49.3 Å². The molecule has 1 aliphatic rings. The molecule has 1 aliphatic carbocycles. The lowest BCUT2D eigenvalue weighted by atomic mass is 9.88. The van der Waals surface area contributed by atoms with Crippen LogP contribution >= 0.6 is 0 Å². The van der Waals surface area contributed by atoms with Crippen LogP contribution in [0.15, 0.2) is 18.2 Å². The molecule has 0 aromatic heterocycles. The van der Waals surface area contributed by atoms with Crippen LogP contribution in [0.3, 0.4) is 0 Å². The molecule has 1 atom stereocenters. The first-order valence-corrected chi connectivity index (χ1v) is 7.78. The molecule has 20 heavy (non-hydrogen) atoms. The molecule has 1 aromatic carbocycles. The van der Waals surface area contributed by atoms with Crippen molar-refractivity contribution < 1.29 is 4.39 Å². The Hall–Kier alpha value is -0.930. The minimum absolute atomic E-state index is 0.169. The zero-order chi connectivity index (χ0) is 14.5. The maximum atomic E-state index is 13.2. The summed E-state index contributed by atoms with van der Waals surface area (Å²) in [6.45, 7) is 3.64. The standard InChI is InChI=1S/C17H27FN2/c1-13-10-15(18)8-9-16(13)17(11-19)20(2)12-14-6-4-3-5-7-14/h8-10,14,17H,3-7,11-12,19H2,1-2H3. The molecule has 1 fully saturated rings. The highest BCUT2D eigenvalue weighted by Crippen LogP contribution is 2.28. The fourth-order valence-corrected chi connectivity index (χ4v) is 3.46.